The highest BCUT2D eigenvalue weighted by atomic mass is 16.5. The van der Waals surface area contributed by atoms with Crippen LogP contribution in [0.15, 0.2) is 0 Å². The molecule has 0 unspecified atom stereocenters. The van der Waals surface area contributed by atoms with Crippen LogP contribution in [0.3, 0.4) is 0 Å². The summed E-state index contributed by atoms with van der Waals surface area (Å²) in [6.45, 7) is 3.42. The second-order valence-corrected chi connectivity index (χ2v) is 2.92. The normalized spacial score (nSPS) is 29.8. The van der Waals surface area contributed by atoms with Crippen LogP contribution in [-0.2, 0) is 9.53 Å². The van der Waals surface area contributed by atoms with E-state index in [1.165, 1.54) is 0 Å². The summed E-state index contributed by atoms with van der Waals surface area (Å²) in [6.07, 6.45) is 0.0813. The summed E-state index contributed by atoms with van der Waals surface area (Å²) in [4.78, 5) is 11.2. The molecule has 4 nitrogen and oxygen atoms in total. The number of esters is 1. The molecule has 2 atom stereocenters. The lowest BCUT2D eigenvalue weighted by Gasteiger charge is -2.26. The first-order valence-corrected chi connectivity index (χ1v) is 4.31. The zero-order chi connectivity index (χ0) is 8.97. The monoisotopic (exact) mass is 173 g/mol. The van der Waals surface area contributed by atoms with E-state index >= 15 is 0 Å². The zero-order valence-corrected chi connectivity index (χ0v) is 7.25. The molecule has 0 saturated carbocycles. The lowest BCUT2D eigenvalue weighted by molar-refractivity contribution is -0.153. The number of carbonyl (C=O) groups excluding carboxylic acids is 1. The maximum atomic E-state index is 11.2. The van der Waals surface area contributed by atoms with Crippen molar-refractivity contribution in [2.45, 2.75) is 19.4 Å². The minimum absolute atomic E-state index is 0.272. The number of carbonyl (C=O) groups is 1. The predicted octanol–water partition coefficient (Wildman–Crippen LogP) is -0.480. The quantitative estimate of drug-likeness (QED) is 0.554. The van der Waals surface area contributed by atoms with Crippen LogP contribution in [0.4, 0.5) is 0 Å². The summed E-state index contributed by atoms with van der Waals surface area (Å²) in [6, 6.07) is 0. The van der Waals surface area contributed by atoms with Crippen molar-refractivity contribution in [1.29, 1.82) is 0 Å². The zero-order valence-electron chi connectivity index (χ0n) is 7.25. The van der Waals surface area contributed by atoms with Gasteiger partial charge in [-0.3, -0.25) is 4.79 Å². The van der Waals surface area contributed by atoms with Gasteiger partial charge in [-0.05, 0) is 19.9 Å². The summed E-state index contributed by atoms with van der Waals surface area (Å²) >= 11 is 0. The van der Waals surface area contributed by atoms with E-state index in [1.807, 2.05) is 0 Å². The van der Waals surface area contributed by atoms with Gasteiger partial charge in [0.25, 0.3) is 0 Å². The third kappa shape index (κ3) is 2.19. The Morgan fingerprint density at radius 3 is 3.08 bits per heavy atom. The average Bonchev–Trinajstić information content (AvgIpc) is 2.05. The first-order valence-electron chi connectivity index (χ1n) is 4.31. The topological polar surface area (TPSA) is 58.6 Å². The van der Waals surface area contributed by atoms with Crippen LogP contribution in [0.2, 0.25) is 0 Å². The van der Waals surface area contributed by atoms with Crippen LogP contribution in [0, 0.1) is 5.92 Å². The highest BCUT2D eigenvalue weighted by molar-refractivity contribution is 5.73. The molecule has 1 saturated heterocycles. The van der Waals surface area contributed by atoms with Crippen molar-refractivity contribution in [2.24, 2.45) is 5.92 Å². The van der Waals surface area contributed by atoms with Crippen LogP contribution in [-0.4, -0.2) is 36.9 Å². The third-order valence-corrected chi connectivity index (χ3v) is 2.04. The van der Waals surface area contributed by atoms with Gasteiger partial charge in [0.2, 0.25) is 0 Å². The fraction of sp³-hybridized carbons (Fsp3) is 0.875. The number of piperidine rings is 1. The number of hydrogen-bond donors (Lipinski definition) is 2. The highest BCUT2D eigenvalue weighted by Gasteiger charge is 2.30. The molecule has 1 rings (SSSR count). The van der Waals surface area contributed by atoms with Gasteiger partial charge in [-0.15, -0.1) is 0 Å². The second-order valence-electron chi connectivity index (χ2n) is 2.92. The van der Waals surface area contributed by atoms with Gasteiger partial charge >= 0.3 is 5.97 Å². The predicted molar refractivity (Wildman–Crippen MR) is 43.6 cm³/mol. The molecule has 0 bridgehead atoms. The molecular weight excluding hydrogens is 158 g/mol. The Labute approximate surface area is 71.9 Å². The Morgan fingerprint density at radius 1 is 1.75 bits per heavy atom. The van der Waals surface area contributed by atoms with Crippen molar-refractivity contribution in [3.63, 3.8) is 0 Å². The molecule has 1 heterocycles. The summed E-state index contributed by atoms with van der Waals surface area (Å²) in [5, 5.41) is 12.4. The molecule has 1 aliphatic heterocycles. The van der Waals surface area contributed by atoms with Crippen molar-refractivity contribution in [2.75, 3.05) is 19.7 Å². The van der Waals surface area contributed by atoms with E-state index in [-0.39, 0.29) is 11.9 Å². The smallest absolute Gasteiger partial charge is 0.311 e. The van der Waals surface area contributed by atoms with Crippen LogP contribution < -0.4 is 5.32 Å². The van der Waals surface area contributed by atoms with Crippen LogP contribution in [0.1, 0.15) is 13.3 Å². The van der Waals surface area contributed by atoms with Gasteiger partial charge in [0.1, 0.15) is 0 Å². The van der Waals surface area contributed by atoms with Gasteiger partial charge < -0.3 is 15.2 Å². The number of β-amino-alcohol motifs (C(OH)–C–C–N with tert-alkyl or cyclic N) is 1. The lowest BCUT2D eigenvalue weighted by Crippen LogP contribution is -2.44. The third-order valence-electron chi connectivity index (χ3n) is 2.04. The minimum atomic E-state index is -0.585. The lowest BCUT2D eigenvalue weighted by atomic mass is 9.95. The largest absolute Gasteiger partial charge is 0.466 e. The molecule has 12 heavy (non-hydrogen) atoms. The summed E-state index contributed by atoms with van der Waals surface area (Å²) in [5.74, 6) is -0.599. The second kappa shape index (κ2) is 4.42. The first kappa shape index (κ1) is 9.48. The van der Waals surface area contributed by atoms with Gasteiger partial charge in [-0.1, -0.05) is 0 Å². The summed E-state index contributed by atoms with van der Waals surface area (Å²) < 4.78 is 4.83. The van der Waals surface area contributed by atoms with Crippen molar-refractivity contribution in [3.8, 4) is 0 Å². The van der Waals surface area contributed by atoms with Gasteiger partial charge in [0.05, 0.1) is 18.6 Å². The fourth-order valence-corrected chi connectivity index (χ4v) is 1.37. The molecule has 1 fully saturated rings. The number of rotatable bonds is 2. The van der Waals surface area contributed by atoms with Gasteiger partial charge in [0.15, 0.2) is 0 Å². The Balaban J connectivity index is 2.42. The molecule has 0 aliphatic carbocycles. The van der Waals surface area contributed by atoms with Crippen molar-refractivity contribution < 1.29 is 14.6 Å². The fourth-order valence-electron chi connectivity index (χ4n) is 1.37. The molecule has 1 aliphatic rings. The number of nitrogens with one attached hydrogen (secondary N) is 1. The first-order chi connectivity index (χ1) is 5.75. The summed E-state index contributed by atoms with van der Waals surface area (Å²) in [7, 11) is 0. The SMILES string of the molecule is CCOC(=O)[C@@H]1CCNC[C@@H]1O. The maximum Gasteiger partial charge on any atom is 0.311 e. The number of ether oxygens (including phenoxy) is 1. The maximum absolute atomic E-state index is 11.2. The van der Waals surface area contributed by atoms with Gasteiger partial charge in [-0.2, -0.15) is 0 Å². The molecule has 4 heteroatoms. The molecular formula is C8H15NO3. The van der Waals surface area contributed by atoms with Gasteiger partial charge in [-0.25, -0.2) is 0 Å². The molecule has 0 aromatic heterocycles. The van der Waals surface area contributed by atoms with Crippen LogP contribution in [0.25, 0.3) is 0 Å². The Hall–Kier alpha value is -0.610. The van der Waals surface area contributed by atoms with E-state index < -0.39 is 6.10 Å². The van der Waals surface area contributed by atoms with E-state index in [0.29, 0.717) is 19.6 Å². The van der Waals surface area contributed by atoms with Crippen LogP contribution >= 0.6 is 0 Å². The molecule has 70 valence electrons. The Kier molecular flexibility index (Phi) is 3.49. The van der Waals surface area contributed by atoms with Crippen LogP contribution in [0.5, 0.6) is 0 Å². The summed E-state index contributed by atoms with van der Waals surface area (Å²) in [5.41, 5.74) is 0. The minimum Gasteiger partial charge on any atom is -0.466 e. The Bertz CT molecular complexity index is 160. The van der Waals surface area contributed by atoms with E-state index in [9.17, 15) is 9.90 Å². The van der Waals surface area contributed by atoms with E-state index in [2.05, 4.69) is 5.32 Å². The number of aliphatic hydroxyl groups excluding tert-OH is 1. The van der Waals surface area contributed by atoms with E-state index in [1.54, 1.807) is 6.92 Å². The molecule has 0 aromatic carbocycles. The molecule has 0 aromatic rings. The Morgan fingerprint density at radius 2 is 2.50 bits per heavy atom. The molecule has 0 radical (unpaired) electrons. The average molecular weight is 173 g/mol. The van der Waals surface area contributed by atoms with Gasteiger partial charge in [0, 0.05) is 6.54 Å². The van der Waals surface area contributed by atoms with Crippen molar-refractivity contribution in [1.82, 2.24) is 5.32 Å². The van der Waals surface area contributed by atoms with Crippen molar-refractivity contribution in [3.05, 3.63) is 0 Å². The molecule has 0 spiro atoms. The van der Waals surface area contributed by atoms with Crippen molar-refractivity contribution >= 4 is 5.97 Å². The van der Waals surface area contributed by atoms with E-state index in [0.717, 1.165) is 6.54 Å². The number of hydrogen-bond acceptors (Lipinski definition) is 4. The molecule has 2 N–H and O–H groups in total. The molecule has 0 amide bonds. The standard InChI is InChI=1S/C8H15NO3/c1-2-12-8(11)6-3-4-9-5-7(6)10/h6-7,9-10H,2-5H2,1H3/t6-,7+/m1/s1. The number of aliphatic hydroxyl groups is 1. The highest BCUT2D eigenvalue weighted by Crippen LogP contribution is 2.13. The van der Waals surface area contributed by atoms with E-state index in [4.69, 9.17) is 4.74 Å².